The monoisotopic (exact) mass is 214 g/mol. The summed E-state index contributed by atoms with van der Waals surface area (Å²) >= 11 is 0. The fourth-order valence-corrected chi connectivity index (χ4v) is 1.60. The molecule has 1 amide bonds. The SMILES string of the molecule is CCC[C@@H](N)C(=O)NN1CCN(C)CC1. The minimum Gasteiger partial charge on any atom is -0.320 e. The third-order valence-corrected chi connectivity index (χ3v) is 2.71. The van der Waals surface area contributed by atoms with Crippen LogP contribution in [0.2, 0.25) is 0 Å². The lowest BCUT2D eigenvalue weighted by Gasteiger charge is -2.32. The van der Waals surface area contributed by atoms with E-state index >= 15 is 0 Å². The number of carbonyl (C=O) groups is 1. The highest BCUT2D eigenvalue weighted by Gasteiger charge is 2.18. The first kappa shape index (κ1) is 12.4. The van der Waals surface area contributed by atoms with Crippen LogP contribution in [0, 0.1) is 0 Å². The molecule has 88 valence electrons. The van der Waals surface area contributed by atoms with Crippen molar-refractivity contribution >= 4 is 5.91 Å². The van der Waals surface area contributed by atoms with E-state index in [1.54, 1.807) is 0 Å². The van der Waals surface area contributed by atoms with Gasteiger partial charge in [0.25, 0.3) is 5.91 Å². The molecular formula is C10H22N4O. The molecule has 0 aromatic rings. The van der Waals surface area contributed by atoms with E-state index in [1.807, 2.05) is 11.9 Å². The van der Waals surface area contributed by atoms with Crippen LogP contribution in [-0.2, 0) is 4.79 Å². The molecule has 1 aliphatic rings. The first-order valence-corrected chi connectivity index (χ1v) is 5.63. The Morgan fingerprint density at radius 1 is 1.40 bits per heavy atom. The summed E-state index contributed by atoms with van der Waals surface area (Å²) in [6.45, 7) is 5.76. The van der Waals surface area contributed by atoms with Gasteiger partial charge < -0.3 is 10.6 Å². The zero-order chi connectivity index (χ0) is 11.3. The molecule has 15 heavy (non-hydrogen) atoms. The van der Waals surface area contributed by atoms with Gasteiger partial charge in [0.15, 0.2) is 0 Å². The number of likely N-dealkylation sites (N-methyl/N-ethyl adjacent to an activating group) is 1. The molecule has 1 atom stereocenters. The van der Waals surface area contributed by atoms with E-state index < -0.39 is 0 Å². The highest BCUT2D eigenvalue weighted by molar-refractivity contribution is 5.80. The Morgan fingerprint density at radius 2 is 2.00 bits per heavy atom. The molecule has 0 aromatic carbocycles. The largest absolute Gasteiger partial charge is 0.320 e. The third kappa shape index (κ3) is 4.15. The minimum absolute atomic E-state index is 0.0543. The van der Waals surface area contributed by atoms with E-state index in [0.717, 1.165) is 39.0 Å². The van der Waals surface area contributed by atoms with E-state index in [4.69, 9.17) is 5.73 Å². The normalized spacial score (nSPS) is 21.3. The Balaban J connectivity index is 2.25. The molecule has 1 aliphatic heterocycles. The first-order valence-electron chi connectivity index (χ1n) is 5.63. The number of carbonyl (C=O) groups excluding carboxylic acids is 1. The van der Waals surface area contributed by atoms with Crippen LogP contribution in [0.15, 0.2) is 0 Å². The lowest BCUT2D eigenvalue weighted by atomic mass is 10.2. The highest BCUT2D eigenvalue weighted by Crippen LogP contribution is 1.98. The number of piperazine rings is 1. The van der Waals surface area contributed by atoms with Gasteiger partial charge in [-0.25, -0.2) is 5.01 Å². The fourth-order valence-electron chi connectivity index (χ4n) is 1.60. The average Bonchev–Trinajstić information content (AvgIpc) is 2.22. The van der Waals surface area contributed by atoms with Crippen LogP contribution in [0.5, 0.6) is 0 Å². The van der Waals surface area contributed by atoms with Crippen molar-refractivity contribution in [3.63, 3.8) is 0 Å². The number of nitrogens with one attached hydrogen (secondary N) is 1. The van der Waals surface area contributed by atoms with E-state index in [9.17, 15) is 4.79 Å². The van der Waals surface area contributed by atoms with E-state index in [1.165, 1.54) is 0 Å². The highest BCUT2D eigenvalue weighted by atomic mass is 16.2. The van der Waals surface area contributed by atoms with Crippen LogP contribution in [0.3, 0.4) is 0 Å². The summed E-state index contributed by atoms with van der Waals surface area (Å²) in [4.78, 5) is 13.8. The Labute approximate surface area is 91.6 Å². The third-order valence-electron chi connectivity index (χ3n) is 2.71. The zero-order valence-electron chi connectivity index (χ0n) is 9.70. The predicted octanol–water partition coefficient (Wildman–Crippen LogP) is -0.608. The van der Waals surface area contributed by atoms with Crippen LogP contribution in [0.25, 0.3) is 0 Å². The van der Waals surface area contributed by atoms with Crippen molar-refractivity contribution in [3.8, 4) is 0 Å². The fraction of sp³-hybridized carbons (Fsp3) is 0.900. The van der Waals surface area contributed by atoms with Crippen LogP contribution in [0.4, 0.5) is 0 Å². The van der Waals surface area contributed by atoms with Gasteiger partial charge in [-0.05, 0) is 13.5 Å². The van der Waals surface area contributed by atoms with Crippen LogP contribution >= 0.6 is 0 Å². The summed E-state index contributed by atoms with van der Waals surface area (Å²) in [6.07, 6.45) is 1.69. The van der Waals surface area contributed by atoms with Crippen molar-refractivity contribution in [1.29, 1.82) is 0 Å². The number of nitrogens with zero attached hydrogens (tertiary/aromatic N) is 2. The molecule has 1 rings (SSSR count). The summed E-state index contributed by atoms with van der Waals surface area (Å²) in [5.41, 5.74) is 8.59. The first-order chi connectivity index (χ1) is 7.13. The molecule has 5 heteroatoms. The minimum atomic E-state index is -0.366. The second-order valence-electron chi connectivity index (χ2n) is 4.16. The van der Waals surface area contributed by atoms with Crippen molar-refractivity contribution in [2.24, 2.45) is 5.73 Å². The van der Waals surface area contributed by atoms with Crippen molar-refractivity contribution in [2.45, 2.75) is 25.8 Å². The summed E-state index contributed by atoms with van der Waals surface area (Å²) in [7, 11) is 2.09. The summed E-state index contributed by atoms with van der Waals surface area (Å²) < 4.78 is 0. The lowest BCUT2D eigenvalue weighted by molar-refractivity contribution is -0.128. The van der Waals surface area contributed by atoms with Crippen molar-refractivity contribution in [2.75, 3.05) is 33.2 Å². The maximum atomic E-state index is 11.6. The molecule has 3 N–H and O–H groups in total. The summed E-state index contributed by atoms with van der Waals surface area (Å²) in [5, 5.41) is 1.96. The van der Waals surface area contributed by atoms with Gasteiger partial charge in [-0.3, -0.25) is 10.2 Å². The second-order valence-corrected chi connectivity index (χ2v) is 4.16. The van der Waals surface area contributed by atoms with Gasteiger partial charge >= 0.3 is 0 Å². The number of nitrogens with two attached hydrogens (primary N) is 1. The van der Waals surface area contributed by atoms with Crippen molar-refractivity contribution in [1.82, 2.24) is 15.3 Å². The topological polar surface area (TPSA) is 61.6 Å². The molecule has 0 aromatic heterocycles. The molecule has 1 fully saturated rings. The van der Waals surface area contributed by atoms with E-state index in [-0.39, 0.29) is 11.9 Å². The van der Waals surface area contributed by atoms with Gasteiger partial charge in [-0.1, -0.05) is 13.3 Å². The van der Waals surface area contributed by atoms with E-state index in [2.05, 4.69) is 17.4 Å². The number of amides is 1. The molecule has 0 saturated carbocycles. The molecule has 0 bridgehead atoms. The molecule has 0 radical (unpaired) electrons. The number of rotatable bonds is 4. The van der Waals surface area contributed by atoms with Gasteiger partial charge in [-0.15, -0.1) is 0 Å². The Bertz CT molecular complexity index is 202. The Kier molecular flexibility index (Phi) is 5.01. The Morgan fingerprint density at radius 3 is 2.53 bits per heavy atom. The van der Waals surface area contributed by atoms with Crippen molar-refractivity contribution < 1.29 is 4.79 Å². The zero-order valence-corrected chi connectivity index (χ0v) is 9.70. The molecule has 1 heterocycles. The number of hydrogen-bond acceptors (Lipinski definition) is 4. The molecule has 5 nitrogen and oxygen atoms in total. The van der Waals surface area contributed by atoms with Gasteiger partial charge in [-0.2, -0.15) is 0 Å². The standard InChI is InChI=1S/C10H22N4O/c1-3-4-9(11)10(15)12-14-7-5-13(2)6-8-14/h9H,3-8,11H2,1-2H3,(H,12,15)/t9-/m1/s1. The smallest absolute Gasteiger partial charge is 0.251 e. The maximum Gasteiger partial charge on any atom is 0.251 e. The molecule has 0 spiro atoms. The molecule has 0 aliphatic carbocycles. The van der Waals surface area contributed by atoms with Gasteiger partial charge in [0.2, 0.25) is 0 Å². The van der Waals surface area contributed by atoms with Crippen LogP contribution in [-0.4, -0.2) is 55.1 Å². The van der Waals surface area contributed by atoms with E-state index in [0.29, 0.717) is 0 Å². The summed E-state index contributed by atoms with van der Waals surface area (Å²) in [5.74, 6) is -0.0543. The number of hydrogen-bond donors (Lipinski definition) is 2. The quantitative estimate of drug-likeness (QED) is 0.655. The predicted molar refractivity (Wildman–Crippen MR) is 60.1 cm³/mol. The second kappa shape index (κ2) is 6.05. The molecule has 1 saturated heterocycles. The summed E-state index contributed by atoms with van der Waals surface area (Å²) in [6, 6.07) is -0.366. The van der Waals surface area contributed by atoms with Gasteiger partial charge in [0, 0.05) is 26.2 Å². The Hall–Kier alpha value is -0.650. The molecular weight excluding hydrogens is 192 g/mol. The maximum absolute atomic E-state index is 11.6. The molecule has 0 unspecified atom stereocenters. The van der Waals surface area contributed by atoms with Crippen molar-refractivity contribution in [3.05, 3.63) is 0 Å². The van der Waals surface area contributed by atoms with Crippen LogP contribution in [0.1, 0.15) is 19.8 Å². The average molecular weight is 214 g/mol. The number of hydrazine groups is 1. The van der Waals surface area contributed by atoms with Gasteiger partial charge in [0.1, 0.15) is 0 Å². The van der Waals surface area contributed by atoms with Crippen LogP contribution < -0.4 is 11.2 Å². The van der Waals surface area contributed by atoms with Gasteiger partial charge in [0.05, 0.1) is 6.04 Å². The lowest BCUT2D eigenvalue weighted by Crippen LogP contribution is -2.55.